The van der Waals surface area contributed by atoms with Crippen molar-refractivity contribution in [2.45, 2.75) is 32.6 Å². The van der Waals surface area contributed by atoms with Gasteiger partial charge in [0.2, 0.25) is 0 Å². The van der Waals surface area contributed by atoms with Crippen LogP contribution < -0.4 is 0 Å². The van der Waals surface area contributed by atoms with Crippen molar-refractivity contribution in [1.29, 1.82) is 0 Å². The molecule has 0 radical (unpaired) electrons. The number of hydrogen-bond donors (Lipinski definition) is 0. The van der Waals surface area contributed by atoms with Crippen molar-refractivity contribution >= 4 is 5.78 Å². The molecule has 2 aliphatic rings. The third-order valence-corrected chi connectivity index (χ3v) is 2.89. The number of rotatable bonds is 3. The van der Waals surface area contributed by atoms with E-state index in [4.69, 9.17) is 0 Å². The van der Waals surface area contributed by atoms with E-state index in [-0.39, 0.29) is 5.92 Å². The zero-order chi connectivity index (χ0) is 9.26. The van der Waals surface area contributed by atoms with Crippen LogP contribution in [0.25, 0.3) is 0 Å². The van der Waals surface area contributed by atoms with Crippen LogP contribution in [0.1, 0.15) is 32.6 Å². The first kappa shape index (κ1) is 8.74. The first-order valence-electron chi connectivity index (χ1n) is 5.13. The summed E-state index contributed by atoms with van der Waals surface area (Å²) in [6.07, 6.45) is 10.6. The normalized spacial score (nSPS) is 27.2. The fourth-order valence-electron chi connectivity index (χ4n) is 1.72. The lowest BCUT2D eigenvalue weighted by Crippen LogP contribution is -2.13. The van der Waals surface area contributed by atoms with E-state index in [1.54, 1.807) is 0 Å². The largest absolute Gasteiger partial charge is 0.299 e. The summed E-state index contributed by atoms with van der Waals surface area (Å²) < 4.78 is 0. The van der Waals surface area contributed by atoms with E-state index >= 15 is 0 Å². The van der Waals surface area contributed by atoms with Crippen LogP contribution in [0.4, 0.5) is 0 Å². The molecule has 0 aromatic heterocycles. The van der Waals surface area contributed by atoms with Crippen molar-refractivity contribution in [2.75, 3.05) is 0 Å². The molecule has 0 spiro atoms. The van der Waals surface area contributed by atoms with E-state index in [0.717, 1.165) is 18.8 Å². The van der Waals surface area contributed by atoms with Crippen LogP contribution in [0.3, 0.4) is 0 Å². The number of carbonyl (C=O) groups is 1. The standard InChI is InChI=1S/C12H16O/c1-9-2-6-11(7-3-9)12(13)8-10-4-5-10/h2-3,6,10-11H,4-5,7-8H2,1H3. The second kappa shape index (κ2) is 3.49. The van der Waals surface area contributed by atoms with Gasteiger partial charge in [-0.2, -0.15) is 0 Å². The molecule has 2 aliphatic carbocycles. The Balaban J connectivity index is 1.87. The number of Topliss-reactive ketones (excluding diaryl/α,β-unsaturated/α-hetero) is 1. The molecule has 0 aromatic carbocycles. The Morgan fingerprint density at radius 2 is 2.31 bits per heavy atom. The summed E-state index contributed by atoms with van der Waals surface area (Å²) in [6, 6.07) is 0. The van der Waals surface area contributed by atoms with Gasteiger partial charge in [-0.05, 0) is 32.1 Å². The average Bonchev–Trinajstić information content (AvgIpc) is 2.89. The molecule has 0 aromatic rings. The van der Waals surface area contributed by atoms with Crippen LogP contribution in [-0.4, -0.2) is 5.78 Å². The molecule has 0 heterocycles. The van der Waals surface area contributed by atoms with Crippen molar-refractivity contribution in [1.82, 2.24) is 0 Å². The molecule has 0 saturated heterocycles. The van der Waals surface area contributed by atoms with Gasteiger partial charge in [-0.15, -0.1) is 0 Å². The summed E-state index contributed by atoms with van der Waals surface area (Å²) in [5.74, 6) is 1.36. The number of allylic oxidation sites excluding steroid dienone is 4. The zero-order valence-corrected chi connectivity index (χ0v) is 8.12. The Hall–Kier alpha value is -0.850. The predicted octanol–water partition coefficient (Wildman–Crippen LogP) is 2.88. The monoisotopic (exact) mass is 176 g/mol. The van der Waals surface area contributed by atoms with Crippen molar-refractivity contribution in [3.8, 4) is 0 Å². The van der Waals surface area contributed by atoms with E-state index in [0.29, 0.717) is 5.78 Å². The third-order valence-electron chi connectivity index (χ3n) is 2.89. The van der Waals surface area contributed by atoms with Gasteiger partial charge in [0.25, 0.3) is 0 Å². The molecular formula is C12H16O. The first-order chi connectivity index (χ1) is 6.25. The molecule has 0 N–H and O–H groups in total. The predicted molar refractivity (Wildman–Crippen MR) is 53.4 cm³/mol. The quantitative estimate of drug-likeness (QED) is 0.646. The lowest BCUT2D eigenvalue weighted by molar-refractivity contribution is -0.121. The fraction of sp³-hybridized carbons (Fsp3) is 0.583. The molecule has 1 heteroatoms. The topological polar surface area (TPSA) is 17.1 Å². The van der Waals surface area contributed by atoms with Crippen molar-refractivity contribution in [2.24, 2.45) is 11.8 Å². The highest BCUT2D eigenvalue weighted by Gasteiger charge is 2.27. The van der Waals surface area contributed by atoms with E-state index in [1.807, 2.05) is 0 Å². The third kappa shape index (κ3) is 2.30. The SMILES string of the molecule is CC1=CCC(C(=O)CC2CC2)C=C1. The summed E-state index contributed by atoms with van der Waals surface area (Å²) in [5, 5.41) is 0. The molecule has 70 valence electrons. The van der Waals surface area contributed by atoms with E-state index in [1.165, 1.54) is 18.4 Å². The molecule has 0 amide bonds. The molecular weight excluding hydrogens is 160 g/mol. The van der Waals surface area contributed by atoms with Gasteiger partial charge in [-0.3, -0.25) is 4.79 Å². The van der Waals surface area contributed by atoms with Crippen LogP contribution in [-0.2, 0) is 4.79 Å². The molecule has 1 fully saturated rings. The minimum absolute atomic E-state index is 0.185. The Morgan fingerprint density at radius 1 is 1.54 bits per heavy atom. The minimum atomic E-state index is 0.185. The molecule has 1 unspecified atom stereocenters. The Labute approximate surface area is 79.5 Å². The molecule has 0 bridgehead atoms. The van der Waals surface area contributed by atoms with Crippen molar-refractivity contribution < 1.29 is 4.79 Å². The Morgan fingerprint density at radius 3 is 2.85 bits per heavy atom. The van der Waals surface area contributed by atoms with Gasteiger partial charge in [0.05, 0.1) is 0 Å². The highest BCUT2D eigenvalue weighted by molar-refractivity contribution is 5.83. The highest BCUT2D eigenvalue weighted by atomic mass is 16.1. The van der Waals surface area contributed by atoms with E-state index < -0.39 is 0 Å². The summed E-state index contributed by atoms with van der Waals surface area (Å²) in [5.41, 5.74) is 1.29. The van der Waals surface area contributed by atoms with E-state index in [2.05, 4.69) is 25.2 Å². The first-order valence-corrected chi connectivity index (χ1v) is 5.13. The zero-order valence-electron chi connectivity index (χ0n) is 8.12. The van der Waals surface area contributed by atoms with Gasteiger partial charge in [0.1, 0.15) is 5.78 Å². The van der Waals surface area contributed by atoms with Crippen LogP contribution in [0.5, 0.6) is 0 Å². The molecule has 1 saturated carbocycles. The lowest BCUT2D eigenvalue weighted by Gasteiger charge is -2.12. The van der Waals surface area contributed by atoms with Gasteiger partial charge in [-0.1, -0.05) is 23.8 Å². The average molecular weight is 176 g/mol. The second-order valence-corrected chi connectivity index (χ2v) is 4.26. The minimum Gasteiger partial charge on any atom is -0.299 e. The number of carbonyl (C=O) groups excluding carboxylic acids is 1. The maximum atomic E-state index is 11.7. The van der Waals surface area contributed by atoms with E-state index in [9.17, 15) is 4.79 Å². The Bertz CT molecular complexity index is 269. The van der Waals surface area contributed by atoms with Gasteiger partial charge < -0.3 is 0 Å². The molecule has 2 rings (SSSR count). The summed E-state index contributed by atoms with van der Waals surface area (Å²) in [7, 11) is 0. The van der Waals surface area contributed by atoms with Crippen molar-refractivity contribution in [3.63, 3.8) is 0 Å². The van der Waals surface area contributed by atoms with Crippen LogP contribution in [0.15, 0.2) is 23.8 Å². The highest BCUT2D eigenvalue weighted by Crippen LogP contribution is 2.34. The Kier molecular flexibility index (Phi) is 2.34. The molecule has 1 nitrogen and oxygen atoms in total. The van der Waals surface area contributed by atoms with Gasteiger partial charge in [0, 0.05) is 12.3 Å². The summed E-state index contributed by atoms with van der Waals surface area (Å²) in [4.78, 5) is 11.7. The van der Waals surface area contributed by atoms with Gasteiger partial charge in [-0.25, -0.2) is 0 Å². The number of ketones is 1. The maximum absolute atomic E-state index is 11.7. The fourth-order valence-corrected chi connectivity index (χ4v) is 1.72. The summed E-state index contributed by atoms with van der Waals surface area (Å²) >= 11 is 0. The maximum Gasteiger partial charge on any atom is 0.140 e. The molecule has 13 heavy (non-hydrogen) atoms. The van der Waals surface area contributed by atoms with Crippen LogP contribution in [0.2, 0.25) is 0 Å². The molecule has 0 aliphatic heterocycles. The van der Waals surface area contributed by atoms with Gasteiger partial charge in [0.15, 0.2) is 0 Å². The van der Waals surface area contributed by atoms with Gasteiger partial charge >= 0.3 is 0 Å². The molecule has 1 atom stereocenters. The second-order valence-electron chi connectivity index (χ2n) is 4.26. The van der Waals surface area contributed by atoms with Crippen LogP contribution in [0, 0.1) is 11.8 Å². The van der Waals surface area contributed by atoms with Crippen LogP contribution >= 0.6 is 0 Å². The lowest BCUT2D eigenvalue weighted by atomic mass is 9.91. The number of hydrogen-bond acceptors (Lipinski definition) is 1. The van der Waals surface area contributed by atoms with Crippen molar-refractivity contribution in [3.05, 3.63) is 23.8 Å². The summed E-state index contributed by atoms with van der Waals surface area (Å²) in [6.45, 7) is 2.08. The smallest absolute Gasteiger partial charge is 0.140 e.